The maximum atomic E-state index is 11.2. The van der Waals surface area contributed by atoms with Gasteiger partial charge in [-0.2, -0.15) is 0 Å². The number of rotatable bonds is 3. The van der Waals surface area contributed by atoms with Gasteiger partial charge in [0.1, 0.15) is 5.78 Å². The molecule has 1 N–H and O–H groups in total. The van der Waals surface area contributed by atoms with Crippen molar-refractivity contribution >= 4 is 22.8 Å². The predicted octanol–water partition coefficient (Wildman–Crippen LogP) is 2.96. The Hall–Kier alpha value is -3.15. The van der Waals surface area contributed by atoms with Crippen molar-refractivity contribution in [2.45, 2.75) is 38.5 Å². The van der Waals surface area contributed by atoms with E-state index < -0.39 is 37.6 Å². The zero-order valence-corrected chi connectivity index (χ0v) is 15.4. The zero-order valence-electron chi connectivity index (χ0n) is 15.4. The molecule has 154 valence electrons. The molecule has 0 aromatic heterocycles. The Morgan fingerprint density at radius 3 is 1.86 bits per heavy atom. The summed E-state index contributed by atoms with van der Waals surface area (Å²) < 4.78 is 0. The van der Waals surface area contributed by atoms with Crippen LogP contribution in [0.25, 0.3) is 0 Å². The summed E-state index contributed by atoms with van der Waals surface area (Å²) in [5, 5.41) is 40.2. The highest BCUT2D eigenvalue weighted by molar-refractivity contribution is 5.78. The molecule has 1 aliphatic heterocycles. The summed E-state index contributed by atoms with van der Waals surface area (Å²) in [5.74, 6) is -0.745. The van der Waals surface area contributed by atoms with Crippen LogP contribution < -0.4 is 0 Å². The number of carbonyl (C=O) groups is 1. The minimum atomic E-state index is -1.21. The number of nitro groups is 3. The number of hydrogen-bond donors (Lipinski definition) is 1. The predicted molar refractivity (Wildman–Crippen MR) is 98.3 cm³/mol. The number of benzene rings is 1. The lowest BCUT2D eigenvalue weighted by atomic mass is 10.1. The average molecular weight is 398 g/mol. The average Bonchev–Trinajstić information content (AvgIpc) is 2.61. The topological polar surface area (TPSA) is 170 Å². The minimum absolute atomic E-state index is 0.447. The van der Waals surface area contributed by atoms with Crippen molar-refractivity contribution in [1.82, 2.24) is 4.90 Å². The van der Waals surface area contributed by atoms with Crippen LogP contribution >= 0.6 is 0 Å². The fourth-order valence-corrected chi connectivity index (χ4v) is 2.64. The quantitative estimate of drug-likeness (QED) is 0.593. The first-order chi connectivity index (χ1) is 13.1. The molecule has 0 atom stereocenters. The molecule has 12 nitrogen and oxygen atoms in total. The maximum Gasteiger partial charge on any atom is 0.324 e. The number of Topliss-reactive ketones (excluding diaryl/α,β-unsaturated/α-hetero) is 1. The number of nitrogens with zero attached hydrogens (tertiary/aromatic N) is 4. The number of ketones is 1. The molecule has 0 radical (unpaired) electrons. The molecule has 12 heteroatoms. The summed E-state index contributed by atoms with van der Waals surface area (Å²) in [6, 6.07) is 0.894. The maximum absolute atomic E-state index is 11.2. The van der Waals surface area contributed by atoms with Crippen molar-refractivity contribution in [3.63, 3.8) is 0 Å². The van der Waals surface area contributed by atoms with Crippen molar-refractivity contribution < 1.29 is 24.7 Å². The number of non-ortho nitro benzene ring substituents is 1. The molecule has 1 saturated heterocycles. The first-order valence-corrected chi connectivity index (χ1v) is 8.64. The molecule has 1 aromatic carbocycles. The van der Waals surface area contributed by atoms with Crippen LogP contribution in [-0.2, 0) is 4.79 Å². The highest BCUT2D eigenvalue weighted by atomic mass is 16.6. The van der Waals surface area contributed by atoms with Gasteiger partial charge >= 0.3 is 11.4 Å². The van der Waals surface area contributed by atoms with Gasteiger partial charge in [0, 0.05) is 12.8 Å². The van der Waals surface area contributed by atoms with Crippen molar-refractivity contribution in [1.29, 1.82) is 0 Å². The Morgan fingerprint density at radius 1 is 0.857 bits per heavy atom. The van der Waals surface area contributed by atoms with Crippen LogP contribution in [0.2, 0.25) is 0 Å². The first-order valence-electron chi connectivity index (χ1n) is 8.64. The Kier molecular flexibility index (Phi) is 8.88. The molecule has 28 heavy (non-hydrogen) atoms. The Morgan fingerprint density at radius 2 is 1.36 bits per heavy atom. The van der Waals surface area contributed by atoms with Crippen LogP contribution in [0.1, 0.15) is 38.5 Å². The molecule has 0 unspecified atom stereocenters. The number of aromatic hydroxyl groups is 1. The number of hydrogen-bond acceptors (Lipinski definition) is 9. The molecular weight excluding hydrogens is 376 g/mol. The van der Waals surface area contributed by atoms with E-state index in [1.54, 1.807) is 0 Å². The van der Waals surface area contributed by atoms with Crippen LogP contribution in [0.4, 0.5) is 17.1 Å². The van der Waals surface area contributed by atoms with E-state index in [1.807, 2.05) is 0 Å². The van der Waals surface area contributed by atoms with Crippen LogP contribution in [-0.4, -0.2) is 50.7 Å². The van der Waals surface area contributed by atoms with Gasteiger partial charge in [0.2, 0.25) is 0 Å². The number of phenols is 1. The lowest BCUT2D eigenvalue weighted by molar-refractivity contribution is -0.404. The fourth-order valence-electron chi connectivity index (χ4n) is 2.64. The Bertz CT molecular complexity index is 717. The summed E-state index contributed by atoms with van der Waals surface area (Å²) in [4.78, 5) is 41.3. The van der Waals surface area contributed by atoms with E-state index in [2.05, 4.69) is 11.9 Å². The molecule has 0 aliphatic carbocycles. The van der Waals surface area contributed by atoms with Gasteiger partial charge in [-0.05, 0) is 39.4 Å². The second kappa shape index (κ2) is 10.9. The highest BCUT2D eigenvalue weighted by Crippen LogP contribution is 2.38. The third-order valence-corrected chi connectivity index (χ3v) is 4.15. The summed E-state index contributed by atoms with van der Waals surface area (Å²) >= 11 is 0. The van der Waals surface area contributed by atoms with Crippen molar-refractivity contribution in [2.75, 3.05) is 20.1 Å². The summed E-state index contributed by atoms with van der Waals surface area (Å²) in [6.07, 6.45) is 6.25. The van der Waals surface area contributed by atoms with Crippen molar-refractivity contribution in [2.24, 2.45) is 0 Å². The second-order valence-corrected chi connectivity index (χ2v) is 6.36. The molecule has 0 saturated carbocycles. The van der Waals surface area contributed by atoms with E-state index >= 15 is 0 Å². The Balaban J connectivity index is 0.000000292. The normalized spacial score (nSPS) is 15.8. The van der Waals surface area contributed by atoms with Gasteiger partial charge in [0.05, 0.1) is 26.9 Å². The molecule has 1 aromatic rings. The smallest absolute Gasteiger partial charge is 0.324 e. The summed E-state index contributed by atoms with van der Waals surface area (Å²) in [6.45, 7) is 2.29. The molecule has 1 fully saturated rings. The zero-order chi connectivity index (χ0) is 21.3. The van der Waals surface area contributed by atoms with E-state index in [1.165, 1.54) is 19.4 Å². The fraction of sp³-hybridized carbons (Fsp3) is 0.562. The molecule has 0 amide bonds. The van der Waals surface area contributed by atoms with Gasteiger partial charge in [-0.1, -0.05) is 6.42 Å². The second-order valence-electron chi connectivity index (χ2n) is 6.36. The van der Waals surface area contributed by atoms with Gasteiger partial charge < -0.3 is 10.0 Å². The minimum Gasteiger partial charge on any atom is -0.497 e. The molecule has 0 spiro atoms. The molecule has 2 rings (SSSR count). The van der Waals surface area contributed by atoms with E-state index in [0.29, 0.717) is 17.9 Å². The van der Waals surface area contributed by atoms with Gasteiger partial charge in [-0.15, -0.1) is 0 Å². The van der Waals surface area contributed by atoms with Crippen LogP contribution in [0.5, 0.6) is 5.75 Å². The number of nitro benzene ring substituents is 3. The largest absolute Gasteiger partial charge is 0.497 e. The SMILES string of the molecule is CN1CCCCCC(=O)CCC1.O=[N+]([O-])c1cc([N+](=O)[O-])c(O)c([N+](=O)[O-])c1. The Labute approximate surface area is 160 Å². The van der Waals surface area contributed by atoms with Gasteiger partial charge in [-0.25, -0.2) is 0 Å². The van der Waals surface area contributed by atoms with E-state index in [-0.39, 0.29) is 0 Å². The van der Waals surface area contributed by atoms with E-state index in [4.69, 9.17) is 5.11 Å². The van der Waals surface area contributed by atoms with Crippen molar-refractivity contribution in [3.05, 3.63) is 42.5 Å². The highest BCUT2D eigenvalue weighted by Gasteiger charge is 2.30. The standard InChI is InChI=1S/C10H19NO.C6H3N3O7/c1-11-8-4-2-3-6-10(12)7-5-9-11;10-6-4(8(13)14)1-3(7(11)12)2-5(6)9(15)16/h2-9H2,1H3;1-2,10H. The first kappa shape index (κ1) is 22.9. The molecule has 0 bridgehead atoms. The van der Waals surface area contributed by atoms with Crippen molar-refractivity contribution in [3.8, 4) is 5.75 Å². The summed E-state index contributed by atoms with van der Waals surface area (Å²) in [7, 11) is 2.14. The van der Waals surface area contributed by atoms with Crippen LogP contribution in [0.3, 0.4) is 0 Å². The molecular formula is C16H22N4O8. The van der Waals surface area contributed by atoms with Crippen LogP contribution in [0, 0.1) is 30.3 Å². The van der Waals surface area contributed by atoms with E-state index in [9.17, 15) is 35.1 Å². The van der Waals surface area contributed by atoms with E-state index in [0.717, 1.165) is 32.2 Å². The van der Waals surface area contributed by atoms with Crippen LogP contribution in [0.15, 0.2) is 12.1 Å². The lowest BCUT2D eigenvalue weighted by Gasteiger charge is -2.17. The molecule has 1 heterocycles. The van der Waals surface area contributed by atoms with Gasteiger partial charge in [0.25, 0.3) is 11.4 Å². The molecule has 1 aliphatic rings. The lowest BCUT2D eigenvalue weighted by Crippen LogP contribution is -2.22. The third kappa shape index (κ3) is 7.23. The summed E-state index contributed by atoms with van der Waals surface area (Å²) in [5.41, 5.74) is -3.00. The number of carbonyl (C=O) groups excluding carboxylic acids is 1. The van der Waals surface area contributed by atoms with Gasteiger partial charge in [-0.3, -0.25) is 35.1 Å². The monoisotopic (exact) mass is 398 g/mol. The third-order valence-electron chi connectivity index (χ3n) is 4.15. The number of phenolic OH excluding ortho intramolecular Hbond substituents is 1. The van der Waals surface area contributed by atoms with Gasteiger partial charge in [0.15, 0.2) is 0 Å².